The molecule has 0 fully saturated rings. The molecule has 5 heteroatoms. The third-order valence-corrected chi connectivity index (χ3v) is 2.00. The van der Waals surface area contributed by atoms with Crippen LogP contribution in [0.4, 0.5) is 5.69 Å². The van der Waals surface area contributed by atoms with Gasteiger partial charge in [0.15, 0.2) is 5.22 Å². The van der Waals surface area contributed by atoms with Crippen molar-refractivity contribution in [3.05, 3.63) is 35.5 Å². The second-order valence-corrected chi connectivity index (χ2v) is 3.33. The van der Waals surface area contributed by atoms with Crippen LogP contribution in [-0.4, -0.2) is 9.78 Å². The highest BCUT2D eigenvalue weighted by Gasteiger charge is 2.00. The van der Waals surface area contributed by atoms with Crippen molar-refractivity contribution >= 4 is 17.3 Å². The molecule has 74 valence electrons. The molecule has 0 amide bonds. The summed E-state index contributed by atoms with van der Waals surface area (Å²) in [6.07, 6.45) is 3.65. The minimum Gasteiger partial charge on any atom is -0.448 e. The Balaban J connectivity index is 1.94. The molecule has 4 nitrogen and oxygen atoms in total. The van der Waals surface area contributed by atoms with Crippen LogP contribution >= 0.6 is 11.6 Å². The van der Waals surface area contributed by atoms with E-state index in [1.54, 1.807) is 16.9 Å². The summed E-state index contributed by atoms with van der Waals surface area (Å²) in [6.45, 7) is 0.610. The standard InChI is InChI=1S/C9H10ClN3O/c1-13-6-7(4-12-13)11-5-8-2-3-9(10)14-8/h2-4,6,11H,5H2,1H3. The molecule has 2 aromatic heterocycles. The van der Waals surface area contributed by atoms with Gasteiger partial charge in [-0.3, -0.25) is 4.68 Å². The van der Waals surface area contributed by atoms with E-state index in [9.17, 15) is 0 Å². The van der Waals surface area contributed by atoms with Crippen molar-refractivity contribution < 1.29 is 4.42 Å². The van der Waals surface area contributed by atoms with E-state index >= 15 is 0 Å². The molecule has 0 radical (unpaired) electrons. The fraction of sp³-hybridized carbons (Fsp3) is 0.222. The molecule has 0 aromatic carbocycles. The molecular formula is C9H10ClN3O. The van der Waals surface area contributed by atoms with Gasteiger partial charge in [-0.25, -0.2) is 0 Å². The Labute approximate surface area is 86.5 Å². The van der Waals surface area contributed by atoms with Gasteiger partial charge in [0, 0.05) is 13.2 Å². The summed E-state index contributed by atoms with van der Waals surface area (Å²) >= 11 is 5.64. The van der Waals surface area contributed by atoms with Crippen LogP contribution in [0.1, 0.15) is 5.76 Å². The summed E-state index contributed by atoms with van der Waals surface area (Å²) in [4.78, 5) is 0. The smallest absolute Gasteiger partial charge is 0.193 e. The van der Waals surface area contributed by atoms with Crippen LogP contribution in [0.2, 0.25) is 5.22 Å². The largest absolute Gasteiger partial charge is 0.448 e. The Morgan fingerprint density at radius 3 is 3.00 bits per heavy atom. The van der Waals surface area contributed by atoms with Gasteiger partial charge in [0.05, 0.1) is 18.4 Å². The predicted octanol–water partition coefficient (Wildman–Crippen LogP) is 2.28. The number of nitrogens with one attached hydrogen (secondary N) is 1. The second-order valence-electron chi connectivity index (χ2n) is 2.96. The lowest BCUT2D eigenvalue weighted by atomic mass is 10.4. The number of nitrogens with zero attached hydrogens (tertiary/aromatic N) is 2. The van der Waals surface area contributed by atoms with Gasteiger partial charge in [0.25, 0.3) is 0 Å². The van der Waals surface area contributed by atoms with Crippen LogP contribution in [0.15, 0.2) is 28.9 Å². The molecule has 14 heavy (non-hydrogen) atoms. The average molecular weight is 212 g/mol. The Bertz CT molecular complexity index is 381. The van der Waals surface area contributed by atoms with Crippen molar-refractivity contribution in [1.29, 1.82) is 0 Å². The highest BCUT2D eigenvalue weighted by atomic mass is 35.5. The summed E-state index contributed by atoms with van der Waals surface area (Å²) in [7, 11) is 1.87. The minimum atomic E-state index is 0.410. The lowest BCUT2D eigenvalue weighted by molar-refractivity contribution is 0.520. The van der Waals surface area contributed by atoms with Crippen molar-refractivity contribution in [2.75, 3.05) is 5.32 Å². The highest BCUT2D eigenvalue weighted by molar-refractivity contribution is 6.28. The number of hydrogen-bond donors (Lipinski definition) is 1. The molecule has 0 atom stereocenters. The number of anilines is 1. The van der Waals surface area contributed by atoms with E-state index in [2.05, 4.69) is 10.4 Å². The van der Waals surface area contributed by atoms with Gasteiger partial charge < -0.3 is 9.73 Å². The van der Waals surface area contributed by atoms with E-state index in [4.69, 9.17) is 16.0 Å². The molecule has 0 saturated carbocycles. The number of hydrogen-bond acceptors (Lipinski definition) is 3. The highest BCUT2D eigenvalue weighted by Crippen LogP contribution is 2.14. The van der Waals surface area contributed by atoms with E-state index in [1.165, 1.54) is 0 Å². The molecule has 2 aromatic rings. The number of furan rings is 1. The molecular weight excluding hydrogens is 202 g/mol. The van der Waals surface area contributed by atoms with Crippen molar-refractivity contribution in [2.24, 2.45) is 7.05 Å². The molecule has 0 unspecified atom stereocenters. The molecule has 0 saturated heterocycles. The lowest BCUT2D eigenvalue weighted by Gasteiger charge is -1.98. The molecule has 0 aliphatic carbocycles. The van der Waals surface area contributed by atoms with Gasteiger partial charge >= 0.3 is 0 Å². The normalized spacial score (nSPS) is 10.4. The molecule has 0 spiro atoms. The second kappa shape index (κ2) is 3.75. The Hall–Kier alpha value is -1.42. The van der Waals surface area contributed by atoms with Crippen molar-refractivity contribution in [2.45, 2.75) is 6.54 Å². The van der Waals surface area contributed by atoms with Crippen LogP contribution in [-0.2, 0) is 13.6 Å². The van der Waals surface area contributed by atoms with Crippen LogP contribution in [0.5, 0.6) is 0 Å². The predicted molar refractivity (Wildman–Crippen MR) is 54.3 cm³/mol. The van der Waals surface area contributed by atoms with Crippen LogP contribution in [0.25, 0.3) is 0 Å². The Morgan fingerprint density at radius 1 is 1.57 bits per heavy atom. The summed E-state index contributed by atoms with van der Waals surface area (Å²) in [6, 6.07) is 3.56. The molecule has 2 rings (SSSR count). The minimum absolute atomic E-state index is 0.410. The van der Waals surface area contributed by atoms with Crippen molar-refractivity contribution in [3.63, 3.8) is 0 Å². The van der Waals surface area contributed by atoms with E-state index in [-0.39, 0.29) is 0 Å². The third-order valence-electron chi connectivity index (χ3n) is 1.80. The quantitative estimate of drug-likeness (QED) is 0.847. The SMILES string of the molecule is Cn1cc(NCc2ccc(Cl)o2)cn1. The van der Waals surface area contributed by atoms with Crippen molar-refractivity contribution in [1.82, 2.24) is 9.78 Å². The molecule has 0 bridgehead atoms. The molecule has 0 aliphatic heterocycles. The van der Waals surface area contributed by atoms with Crippen molar-refractivity contribution in [3.8, 4) is 0 Å². The first-order valence-corrected chi connectivity index (χ1v) is 4.58. The zero-order valence-corrected chi connectivity index (χ0v) is 8.45. The number of halogens is 1. The topological polar surface area (TPSA) is 43.0 Å². The lowest BCUT2D eigenvalue weighted by Crippen LogP contribution is -1.96. The number of rotatable bonds is 3. The van der Waals surface area contributed by atoms with E-state index in [0.717, 1.165) is 11.4 Å². The summed E-state index contributed by atoms with van der Waals surface area (Å²) in [5.74, 6) is 0.804. The summed E-state index contributed by atoms with van der Waals surface area (Å²) in [5, 5.41) is 7.60. The Morgan fingerprint density at radius 2 is 2.43 bits per heavy atom. The Kier molecular flexibility index (Phi) is 2.45. The van der Waals surface area contributed by atoms with Gasteiger partial charge in [-0.05, 0) is 23.7 Å². The maximum Gasteiger partial charge on any atom is 0.193 e. The summed E-state index contributed by atoms with van der Waals surface area (Å²) < 4.78 is 6.92. The molecule has 0 aliphatic rings. The monoisotopic (exact) mass is 211 g/mol. The first kappa shape index (κ1) is 9.15. The maximum absolute atomic E-state index is 5.64. The number of aromatic nitrogens is 2. The first-order valence-electron chi connectivity index (χ1n) is 4.21. The zero-order chi connectivity index (χ0) is 9.97. The van der Waals surface area contributed by atoms with Crippen LogP contribution in [0, 0.1) is 0 Å². The van der Waals surface area contributed by atoms with Gasteiger partial charge in [0.2, 0.25) is 0 Å². The van der Waals surface area contributed by atoms with E-state index in [1.807, 2.05) is 19.3 Å². The van der Waals surface area contributed by atoms with E-state index < -0.39 is 0 Å². The van der Waals surface area contributed by atoms with Gasteiger partial charge in [0.1, 0.15) is 5.76 Å². The fourth-order valence-electron chi connectivity index (χ4n) is 1.15. The molecule has 2 heterocycles. The first-order chi connectivity index (χ1) is 6.74. The third kappa shape index (κ3) is 2.09. The molecule has 1 N–H and O–H groups in total. The summed E-state index contributed by atoms with van der Waals surface area (Å²) in [5.41, 5.74) is 0.958. The average Bonchev–Trinajstić information content (AvgIpc) is 2.72. The van der Waals surface area contributed by atoms with Crippen LogP contribution in [0.3, 0.4) is 0 Å². The number of aryl methyl sites for hydroxylation is 1. The fourth-order valence-corrected chi connectivity index (χ4v) is 1.31. The van der Waals surface area contributed by atoms with E-state index in [0.29, 0.717) is 11.8 Å². The maximum atomic E-state index is 5.64. The van der Waals surface area contributed by atoms with Gasteiger partial charge in [-0.15, -0.1) is 0 Å². The van der Waals surface area contributed by atoms with Crippen LogP contribution < -0.4 is 5.32 Å². The zero-order valence-electron chi connectivity index (χ0n) is 7.70. The van der Waals surface area contributed by atoms with Gasteiger partial charge in [-0.1, -0.05) is 0 Å². The van der Waals surface area contributed by atoms with Gasteiger partial charge in [-0.2, -0.15) is 5.10 Å².